The molecule has 0 radical (unpaired) electrons. The second-order valence-corrected chi connectivity index (χ2v) is 6.06. The molecule has 138 valence electrons. The van der Waals surface area contributed by atoms with E-state index >= 15 is 0 Å². The van der Waals surface area contributed by atoms with E-state index in [1.165, 1.54) is 0 Å². The minimum atomic E-state index is -0.651. The van der Waals surface area contributed by atoms with Crippen LogP contribution < -0.4 is 21.1 Å². The third-order valence-electron chi connectivity index (χ3n) is 3.79. The van der Waals surface area contributed by atoms with Crippen molar-refractivity contribution < 1.29 is 14.3 Å². The van der Waals surface area contributed by atoms with Gasteiger partial charge in [-0.3, -0.25) is 25.2 Å². The molecular formula is C19H18N4O4. The number of aryl methyl sites for hydroxylation is 2. The van der Waals surface area contributed by atoms with Gasteiger partial charge in [-0.05, 0) is 43.2 Å². The molecule has 8 nitrogen and oxygen atoms in total. The molecular weight excluding hydrogens is 348 g/mol. The fourth-order valence-electron chi connectivity index (χ4n) is 2.67. The number of aromatic nitrogens is 2. The summed E-state index contributed by atoms with van der Waals surface area (Å²) in [5, 5.41) is 6.75. The van der Waals surface area contributed by atoms with Gasteiger partial charge in [-0.1, -0.05) is 24.3 Å². The Labute approximate surface area is 154 Å². The van der Waals surface area contributed by atoms with E-state index in [2.05, 4.69) is 21.0 Å². The number of carbonyl (C=O) groups excluding carboxylic acids is 2. The van der Waals surface area contributed by atoms with Crippen LogP contribution in [0, 0.1) is 13.8 Å². The van der Waals surface area contributed by atoms with Crippen molar-refractivity contribution in [3.63, 3.8) is 0 Å². The molecule has 3 aromatic rings. The van der Waals surface area contributed by atoms with Crippen LogP contribution in [0.5, 0.6) is 5.75 Å². The number of nitrogens with zero attached hydrogens (tertiary/aromatic N) is 1. The Morgan fingerprint density at radius 2 is 1.70 bits per heavy atom. The Hall–Kier alpha value is -3.68. The van der Waals surface area contributed by atoms with Crippen LogP contribution >= 0.6 is 0 Å². The second kappa shape index (κ2) is 7.69. The van der Waals surface area contributed by atoms with Crippen molar-refractivity contribution in [2.45, 2.75) is 13.8 Å². The lowest BCUT2D eigenvalue weighted by Crippen LogP contribution is -2.44. The van der Waals surface area contributed by atoms with Crippen LogP contribution in [0.15, 0.2) is 47.3 Å². The second-order valence-electron chi connectivity index (χ2n) is 6.06. The fraction of sp³-hybridized carbons (Fsp3) is 0.158. The van der Waals surface area contributed by atoms with Gasteiger partial charge in [0.1, 0.15) is 5.75 Å². The monoisotopic (exact) mass is 366 g/mol. The van der Waals surface area contributed by atoms with Crippen molar-refractivity contribution in [1.82, 2.24) is 21.0 Å². The maximum Gasteiger partial charge on any atom is 0.290 e. The van der Waals surface area contributed by atoms with Gasteiger partial charge in [0.25, 0.3) is 17.4 Å². The Morgan fingerprint density at radius 3 is 2.41 bits per heavy atom. The molecule has 27 heavy (non-hydrogen) atoms. The van der Waals surface area contributed by atoms with Gasteiger partial charge in [0.15, 0.2) is 12.3 Å². The summed E-state index contributed by atoms with van der Waals surface area (Å²) in [6, 6.07) is 12.2. The predicted octanol–water partition coefficient (Wildman–Crippen LogP) is 1.38. The van der Waals surface area contributed by atoms with Crippen molar-refractivity contribution in [2.24, 2.45) is 0 Å². The highest BCUT2D eigenvalue weighted by Crippen LogP contribution is 2.16. The van der Waals surface area contributed by atoms with Crippen LogP contribution in [0.25, 0.3) is 10.8 Å². The van der Waals surface area contributed by atoms with Crippen LogP contribution in [-0.4, -0.2) is 28.6 Å². The van der Waals surface area contributed by atoms with Gasteiger partial charge in [-0.2, -0.15) is 5.10 Å². The maximum atomic E-state index is 12.3. The Balaban J connectivity index is 1.61. The Kier molecular flexibility index (Phi) is 5.16. The van der Waals surface area contributed by atoms with Gasteiger partial charge in [0, 0.05) is 5.39 Å². The molecule has 0 aliphatic heterocycles. The molecule has 0 bridgehead atoms. The number of aromatic amines is 1. The van der Waals surface area contributed by atoms with E-state index in [9.17, 15) is 14.4 Å². The van der Waals surface area contributed by atoms with Crippen LogP contribution in [-0.2, 0) is 4.79 Å². The minimum absolute atomic E-state index is 0.000673. The molecule has 0 fully saturated rings. The number of benzene rings is 2. The van der Waals surface area contributed by atoms with Gasteiger partial charge in [0.2, 0.25) is 0 Å². The molecule has 0 saturated carbocycles. The van der Waals surface area contributed by atoms with Crippen molar-refractivity contribution >= 4 is 22.6 Å². The predicted molar refractivity (Wildman–Crippen MR) is 99.4 cm³/mol. The fourth-order valence-corrected chi connectivity index (χ4v) is 2.67. The zero-order valence-electron chi connectivity index (χ0n) is 14.8. The summed E-state index contributed by atoms with van der Waals surface area (Å²) in [5.41, 5.74) is 6.18. The topological polar surface area (TPSA) is 113 Å². The zero-order valence-corrected chi connectivity index (χ0v) is 14.8. The normalized spacial score (nSPS) is 10.4. The van der Waals surface area contributed by atoms with Gasteiger partial charge in [-0.15, -0.1) is 0 Å². The molecule has 0 aliphatic carbocycles. The van der Waals surface area contributed by atoms with Gasteiger partial charge >= 0.3 is 0 Å². The molecule has 8 heteroatoms. The third-order valence-corrected chi connectivity index (χ3v) is 3.79. The molecule has 0 aliphatic rings. The number of amides is 2. The SMILES string of the molecule is Cc1cc(C)cc(OCC(=O)NNC(=O)c2n[nH]c(=O)c3ccccc23)c1. The molecule has 3 rings (SSSR count). The van der Waals surface area contributed by atoms with Crippen LogP contribution in [0.1, 0.15) is 21.6 Å². The highest BCUT2D eigenvalue weighted by Gasteiger charge is 2.14. The molecule has 0 unspecified atom stereocenters. The number of hydrogen-bond acceptors (Lipinski definition) is 5. The minimum Gasteiger partial charge on any atom is -0.484 e. The van der Waals surface area contributed by atoms with E-state index in [1.54, 1.807) is 24.3 Å². The summed E-state index contributed by atoms with van der Waals surface area (Å²) in [7, 11) is 0. The summed E-state index contributed by atoms with van der Waals surface area (Å²) in [4.78, 5) is 35.9. The first-order valence-corrected chi connectivity index (χ1v) is 8.22. The molecule has 3 N–H and O–H groups in total. The summed E-state index contributed by atoms with van der Waals surface area (Å²) in [5.74, 6) is -0.610. The Morgan fingerprint density at radius 1 is 1.04 bits per heavy atom. The standard InChI is InChI=1S/C19H18N4O4/c1-11-7-12(2)9-13(8-11)27-10-16(24)20-23-19(26)17-14-5-3-4-6-15(14)18(25)22-21-17/h3-9H,10H2,1-2H3,(H,20,24)(H,22,25)(H,23,26). The third kappa shape index (κ3) is 4.30. The lowest BCUT2D eigenvalue weighted by molar-refractivity contribution is -0.123. The van der Waals surface area contributed by atoms with E-state index in [1.807, 2.05) is 32.0 Å². The van der Waals surface area contributed by atoms with Crippen molar-refractivity contribution in [2.75, 3.05) is 6.61 Å². The molecule has 2 amide bonds. The van der Waals surface area contributed by atoms with Crippen LogP contribution in [0.4, 0.5) is 0 Å². The molecule has 1 aromatic heterocycles. The largest absolute Gasteiger partial charge is 0.484 e. The first-order valence-electron chi connectivity index (χ1n) is 8.22. The van der Waals surface area contributed by atoms with Gasteiger partial charge in [-0.25, -0.2) is 5.10 Å². The van der Waals surface area contributed by atoms with E-state index in [-0.39, 0.29) is 12.3 Å². The van der Waals surface area contributed by atoms with Crippen molar-refractivity contribution in [3.05, 3.63) is 69.6 Å². The van der Waals surface area contributed by atoms with Crippen molar-refractivity contribution in [1.29, 1.82) is 0 Å². The Bertz CT molecular complexity index is 1050. The molecule has 1 heterocycles. The van der Waals surface area contributed by atoms with E-state index in [4.69, 9.17) is 4.74 Å². The number of hydrogen-bond donors (Lipinski definition) is 3. The van der Waals surface area contributed by atoms with Gasteiger partial charge in [0.05, 0.1) is 5.39 Å². The van der Waals surface area contributed by atoms with E-state index in [0.29, 0.717) is 16.5 Å². The lowest BCUT2D eigenvalue weighted by Gasteiger charge is -2.10. The maximum absolute atomic E-state index is 12.3. The summed E-state index contributed by atoms with van der Waals surface area (Å²) in [6.07, 6.45) is 0. The average molecular weight is 366 g/mol. The quantitative estimate of drug-likeness (QED) is 0.604. The van der Waals surface area contributed by atoms with E-state index in [0.717, 1.165) is 11.1 Å². The van der Waals surface area contributed by atoms with Crippen LogP contribution in [0.2, 0.25) is 0 Å². The molecule has 0 saturated heterocycles. The highest BCUT2D eigenvalue weighted by atomic mass is 16.5. The zero-order chi connectivity index (χ0) is 19.4. The number of rotatable bonds is 4. The molecule has 0 atom stereocenters. The number of carbonyl (C=O) groups is 2. The molecule has 0 spiro atoms. The highest BCUT2D eigenvalue weighted by molar-refractivity contribution is 6.05. The summed E-state index contributed by atoms with van der Waals surface area (Å²) in [6.45, 7) is 3.60. The number of H-pyrrole nitrogens is 1. The van der Waals surface area contributed by atoms with Crippen molar-refractivity contribution in [3.8, 4) is 5.75 Å². The first-order chi connectivity index (χ1) is 12.9. The summed E-state index contributed by atoms with van der Waals surface area (Å²) < 4.78 is 5.43. The van der Waals surface area contributed by atoms with Gasteiger partial charge < -0.3 is 4.74 Å². The number of nitrogens with one attached hydrogen (secondary N) is 3. The van der Waals surface area contributed by atoms with Crippen LogP contribution in [0.3, 0.4) is 0 Å². The number of hydrazine groups is 1. The lowest BCUT2D eigenvalue weighted by atomic mass is 10.1. The number of ether oxygens (including phenoxy) is 1. The smallest absolute Gasteiger partial charge is 0.290 e. The summed E-state index contributed by atoms with van der Waals surface area (Å²) >= 11 is 0. The average Bonchev–Trinajstić information content (AvgIpc) is 2.64. The number of fused-ring (bicyclic) bond motifs is 1. The molecule has 2 aromatic carbocycles. The first kappa shape index (κ1) is 18.1. The van der Waals surface area contributed by atoms with E-state index < -0.39 is 17.4 Å².